The Kier molecular flexibility index (Phi) is 7.99. The number of fused-ring (bicyclic) bond motifs is 1. The second-order valence-corrected chi connectivity index (χ2v) is 11.6. The first kappa shape index (κ1) is 29.2. The van der Waals surface area contributed by atoms with E-state index in [0.29, 0.717) is 67.4 Å². The van der Waals surface area contributed by atoms with E-state index in [9.17, 15) is 10.1 Å². The van der Waals surface area contributed by atoms with Crippen LogP contribution in [0.15, 0.2) is 66.5 Å². The van der Waals surface area contributed by atoms with Gasteiger partial charge in [0, 0.05) is 30.3 Å². The Morgan fingerprint density at radius 1 is 1.20 bits per heavy atom. The average Bonchev–Trinajstić information content (AvgIpc) is 3.39. The molecule has 2 aromatic carbocycles. The van der Waals surface area contributed by atoms with Crippen LogP contribution in [0.5, 0.6) is 11.5 Å². The Morgan fingerprint density at radius 2 is 2.00 bits per heavy atom. The van der Waals surface area contributed by atoms with Gasteiger partial charge in [0.2, 0.25) is 0 Å². The predicted octanol–water partition coefficient (Wildman–Crippen LogP) is 4.39. The van der Waals surface area contributed by atoms with Crippen LogP contribution in [0.3, 0.4) is 0 Å². The molecular weight excluding hydrogens is 563 g/mol. The number of nitrogens with one attached hydrogen (secondary N) is 1. The number of hydrogen-bond acceptors (Lipinski definition) is 9. The summed E-state index contributed by atoms with van der Waals surface area (Å²) in [4.78, 5) is 23.8. The molecule has 0 saturated carbocycles. The number of aromatic nitrogens is 4. The highest BCUT2D eigenvalue weighted by atomic mass is 19.1. The second kappa shape index (κ2) is 12.0. The standard InChI is InChI=1S/C32H33FN8O3/c1-32(2,38-21-17-43-18-21)14-20(15-34)31(42)40-12-6-7-22(16-40)41-30-27(29(35)36-19-37-30)28(39-41)25-11-10-24(13-26(25)33)44-23-8-4-3-5-9-23/h3-5,8-11,13-14,19,21-22,38H,6-7,12,16-18H2,1-2H3,(H2,35,36,37)/b20-14-/t22-/m0/s1. The number of ether oxygens (including phenoxy) is 2. The fourth-order valence-corrected chi connectivity index (χ4v) is 5.71. The number of anilines is 1. The Labute approximate surface area is 254 Å². The summed E-state index contributed by atoms with van der Waals surface area (Å²) in [6.45, 7) is 5.86. The molecule has 1 atom stereocenters. The quantitative estimate of drug-likeness (QED) is 0.224. The molecule has 44 heavy (non-hydrogen) atoms. The molecular formula is C32H33FN8O3. The molecule has 1 amide bonds. The van der Waals surface area contributed by atoms with Crippen molar-refractivity contribution in [1.29, 1.82) is 5.26 Å². The predicted molar refractivity (Wildman–Crippen MR) is 162 cm³/mol. The molecule has 2 aliphatic rings. The molecule has 0 aliphatic carbocycles. The van der Waals surface area contributed by atoms with E-state index in [-0.39, 0.29) is 34.9 Å². The van der Waals surface area contributed by atoms with Gasteiger partial charge in [0.25, 0.3) is 5.91 Å². The van der Waals surface area contributed by atoms with Crippen molar-refractivity contribution in [2.75, 3.05) is 32.0 Å². The summed E-state index contributed by atoms with van der Waals surface area (Å²) in [5, 5.41) is 18.5. The molecule has 6 rings (SSSR count). The normalized spacial score (nSPS) is 17.7. The summed E-state index contributed by atoms with van der Waals surface area (Å²) in [6.07, 6.45) is 4.42. The number of nitrogens with zero attached hydrogens (tertiary/aromatic N) is 6. The average molecular weight is 597 g/mol. The number of piperidine rings is 1. The Hall–Kier alpha value is -4.86. The Bertz CT molecular complexity index is 1760. The molecule has 0 spiro atoms. The topological polar surface area (TPSA) is 144 Å². The number of halogens is 1. The number of carbonyl (C=O) groups is 1. The molecule has 12 heteroatoms. The molecule has 3 N–H and O–H groups in total. The maximum absolute atomic E-state index is 15.6. The SMILES string of the molecule is CC(C)(/C=C(/C#N)C(=O)N1CCC[C@H](n2nc(-c3ccc(Oc4ccccc4)cc3F)c3c(N)ncnc32)C1)NC1COC1. The third kappa shape index (κ3) is 5.97. The van der Waals surface area contributed by atoms with Gasteiger partial charge in [-0.2, -0.15) is 10.4 Å². The van der Waals surface area contributed by atoms with E-state index in [1.54, 1.807) is 39.9 Å². The van der Waals surface area contributed by atoms with E-state index in [1.807, 2.05) is 32.0 Å². The number of para-hydroxylation sites is 1. The summed E-state index contributed by atoms with van der Waals surface area (Å²) in [5.41, 5.74) is 6.75. The lowest BCUT2D eigenvalue weighted by Gasteiger charge is -2.35. The highest BCUT2D eigenvalue weighted by molar-refractivity contribution is 5.99. The number of likely N-dealkylation sites (tertiary alicyclic amines) is 1. The molecule has 11 nitrogen and oxygen atoms in total. The van der Waals surface area contributed by atoms with Crippen LogP contribution < -0.4 is 15.8 Å². The van der Waals surface area contributed by atoms with Gasteiger partial charge in [0.05, 0.1) is 30.7 Å². The van der Waals surface area contributed by atoms with Crippen LogP contribution in [-0.2, 0) is 9.53 Å². The maximum atomic E-state index is 15.6. The number of nitrogens with two attached hydrogens (primary N) is 1. The summed E-state index contributed by atoms with van der Waals surface area (Å²) in [7, 11) is 0. The third-order valence-electron chi connectivity index (χ3n) is 7.79. The van der Waals surface area contributed by atoms with Crippen LogP contribution in [0.2, 0.25) is 0 Å². The van der Waals surface area contributed by atoms with Gasteiger partial charge in [-0.05, 0) is 57.0 Å². The fourth-order valence-electron chi connectivity index (χ4n) is 5.71. The molecule has 2 aliphatic heterocycles. The van der Waals surface area contributed by atoms with E-state index in [0.717, 1.165) is 0 Å². The molecule has 4 heterocycles. The lowest BCUT2D eigenvalue weighted by atomic mass is 9.98. The minimum atomic E-state index is -0.572. The minimum Gasteiger partial charge on any atom is -0.457 e. The van der Waals surface area contributed by atoms with Crippen LogP contribution in [0.1, 0.15) is 32.7 Å². The van der Waals surface area contributed by atoms with Crippen LogP contribution in [0, 0.1) is 17.1 Å². The first-order valence-electron chi connectivity index (χ1n) is 14.5. The van der Waals surface area contributed by atoms with Crippen molar-refractivity contribution >= 4 is 22.8 Å². The smallest absolute Gasteiger partial charge is 0.264 e. The van der Waals surface area contributed by atoms with Gasteiger partial charge < -0.3 is 25.4 Å². The summed E-state index contributed by atoms with van der Waals surface area (Å²) >= 11 is 0. The second-order valence-electron chi connectivity index (χ2n) is 11.6. The monoisotopic (exact) mass is 596 g/mol. The largest absolute Gasteiger partial charge is 0.457 e. The van der Waals surface area contributed by atoms with Crippen LogP contribution >= 0.6 is 0 Å². The zero-order valence-electron chi connectivity index (χ0n) is 24.5. The van der Waals surface area contributed by atoms with Gasteiger partial charge in [-0.1, -0.05) is 18.2 Å². The first-order chi connectivity index (χ1) is 21.2. The number of rotatable bonds is 8. The molecule has 2 fully saturated rings. The van der Waals surface area contributed by atoms with Crippen LogP contribution in [0.4, 0.5) is 10.2 Å². The number of hydrogen-bond donors (Lipinski definition) is 2. The van der Waals surface area contributed by atoms with Crippen molar-refractivity contribution in [3.05, 3.63) is 72.3 Å². The molecule has 0 radical (unpaired) electrons. The number of nitrogen functional groups attached to an aromatic ring is 1. The Balaban J connectivity index is 1.28. The van der Waals surface area contributed by atoms with E-state index >= 15 is 4.39 Å². The number of carbonyl (C=O) groups excluding carboxylic acids is 1. The number of amides is 1. The van der Waals surface area contributed by atoms with Gasteiger partial charge in [-0.15, -0.1) is 0 Å². The van der Waals surface area contributed by atoms with Crippen molar-refractivity contribution in [2.45, 2.75) is 44.3 Å². The zero-order valence-corrected chi connectivity index (χ0v) is 24.5. The highest BCUT2D eigenvalue weighted by Crippen LogP contribution is 2.36. The molecule has 2 saturated heterocycles. The highest BCUT2D eigenvalue weighted by Gasteiger charge is 2.32. The lowest BCUT2D eigenvalue weighted by Crippen LogP contribution is -2.54. The molecule has 4 aromatic rings. The van der Waals surface area contributed by atoms with Crippen molar-refractivity contribution in [2.24, 2.45) is 0 Å². The van der Waals surface area contributed by atoms with E-state index in [4.69, 9.17) is 20.3 Å². The lowest BCUT2D eigenvalue weighted by molar-refractivity contribution is -0.128. The van der Waals surface area contributed by atoms with Gasteiger partial charge in [0.1, 0.15) is 46.8 Å². The zero-order chi connectivity index (χ0) is 30.8. The van der Waals surface area contributed by atoms with Crippen molar-refractivity contribution < 1.29 is 18.7 Å². The van der Waals surface area contributed by atoms with Crippen molar-refractivity contribution in [3.8, 4) is 28.8 Å². The minimum absolute atomic E-state index is 0.0702. The van der Waals surface area contributed by atoms with Gasteiger partial charge in [-0.25, -0.2) is 19.0 Å². The van der Waals surface area contributed by atoms with E-state index < -0.39 is 11.4 Å². The number of benzene rings is 2. The Morgan fingerprint density at radius 3 is 2.70 bits per heavy atom. The molecule has 0 bridgehead atoms. The van der Waals surface area contributed by atoms with Gasteiger partial charge in [-0.3, -0.25) is 4.79 Å². The number of nitriles is 1. The summed E-state index contributed by atoms with van der Waals surface area (Å²) in [6, 6.07) is 15.7. The van der Waals surface area contributed by atoms with Crippen molar-refractivity contribution in [1.82, 2.24) is 30.0 Å². The van der Waals surface area contributed by atoms with Gasteiger partial charge >= 0.3 is 0 Å². The molecule has 2 aromatic heterocycles. The van der Waals surface area contributed by atoms with E-state index in [1.165, 1.54) is 12.4 Å². The fraction of sp³-hybridized carbons (Fsp3) is 0.344. The van der Waals surface area contributed by atoms with E-state index in [2.05, 4.69) is 21.4 Å². The third-order valence-corrected chi connectivity index (χ3v) is 7.79. The summed E-state index contributed by atoms with van der Waals surface area (Å²) < 4.78 is 28.3. The molecule has 226 valence electrons. The van der Waals surface area contributed by atoms with Crippen molar-refractivity contribution in [3.63, 3.8) is 0 Å². The first-order valence-corrected chi connectivity index (χ1v) is 14.5. The maximum Gasteiger partial charge on any atom is 0.264 e. The summed E-state index contributed by atoms with van der Waals surface area (Å²) in [5.74, 6) is 0.216. The van der Waals surface area contributed by atoms with Crippen LogP contribution in [-0.4, -0.2) is 68.4 Å². The van der Waals surface area contributed by atoms with Crippen LogP contribution in [0.25, 0.3) is 22.3 Å². The molecule has 0 unspecified atom stereocenters. The van der Waals surface area contributed by atoms with Gasteiger partial charge in [0.15, 0.2) is 5.65 Å².